The third-order valence-electron chi connectivity index (χ3n) is 6.06. The number of aromatic nitrogens is 1. The van der Waals surface area contributed by atoms with E-state index in [1.807, 2.05) is 122 Å². The number of nitrogens with zero attached hydrogens (tertiary/aromatic N) is 1. The van der Waals surface area contributed by atoms with E-state index >= 15 is 4.57 Å². The molecule has 0 unspecified atom stereocenters. The van der Waals surface area contributed by atoms with Crippen LogP contribution >= 0.6 is 7.14 Å². The van der Waals surface area contributed by atoms with Crippen LogP contribution < -0.4 is 15.9 Å². The molecule has 4 aromatic carbocycles. The van der Waals surface area contributed by atoms with Crippen LogP contribution in [0.5, 0.6) is 0 Å². The molecule has 0 saturated heterocycles. The van der Waals surface area contributed by atoms with E-state index < -0.39 is 7.14 Å². The first-order chi connectivity index (χ1) is 16.2. The van der Waals surface area contributed by atoms with E-state index in [4.69, 9.17) is 0 Å². The van der Waals surface area contributed by atoms with E-state index in [2.05, 4.69) is 0 Å². The van der Waals surface area contributed by atoms with Gasteiger partial charge in [0.05, 0.1) is 5.52 Å². The van der Waals surface area contributed by atoms with Gasteiger partial charge in [0.25, 0.3) is 5.91 Å². The maximum Gasteiger partial charge on any atom is 0.262 e. The monoisotopic (exact) mass is 449 g/mol. The Bertz CT molecular complexity index is 1430. The maximum atomic E-state index is 15.3. The van der Waals surface area contributed by atoms with Crippen molar-refractivity contribution in [1.29, 1.82) is 0 Å². The zero-order chi connectivity index (χ0) is 22.8. The highest BCUT2D eigenvalue weighted by Gasteiger charge is 2.36. The fourth-order valence-corrected chi connectivity index (χ4v) is 7.73. The number of benzene rings is 4. The van der Waals surface area contributed by atoms with Crippen LogP contribution in [0.1, 0.15) is 23.0 Å². The van der Waals surface area contributed by atoms with Crippen molar-refractivity contribution in [3.05, 3.63) is 127 Å². The highest BCUT2D eigenvalue weighted by molar-refractivity contribution is 7.85. The van der Waals surface area contributed by atoms with Crippen LogP contribution in [0.2, 0.25) is 0 Å². The summed E-state index contributed by atoms with van der Waals surface area (Å²) in [6.07, 6.45) is 0.576. The van der Waals surface area contributed by atoms with Gasteiger partial charge in [0, 0.05) is 32.6 Å². The Hall–Kier alpha value is -3.68. The minimum atomic E-state index is -3.26. The third kappa shape index (κ3) is 3.46. The summed E-state index contributed by atoms with van der Waals surface area (Å²) in [7, 11) is -3.26. The zero-order valence-electron chi connectivity index (χ0n) is 18.4. The van der Waals surface area contributed by atoms with Crippen LogP contribution in [0.25, 0.3) is 10.9 Å². The Balaban J connectivity index is 1.90. The first-order valence-corrected chi connectivity index (χ1v) is 12.8. The summed E-state index contributed by atoms with van der Waals surface area (Å²) in [5.74, 6) is -0.109. The van der Waals surface area contributed by atoms with Crippen LogP contribution in [-0.2, 0) is 11.0 Å². The summed E-state index contributed by atoms with van der Waals surface area (Å²) in [5.41, 5.74) is 2.18. The fraction of sp³-hybridized carbons (Fsp3) is 0.0690. The van der Waals surface area contributed by atoms with Crippen LogP contribution in [-0.4, -0.2) is 10.5 Å². The van der Waals surface area contributed by atoms with Gasteiger partial charge in [0.15, 0.2) is 7.14 Å². The van der Waals surface area contributed by atoms with E-state index in [1.165, 1.54) is 0 Å². The molecule has 0 radical (unpaired) electrons. The van der Waals surface area contributed by atoms with Crippen molar-refractivity contribution in [2.75, 3.05) is 0 Å². The average molecular weight is 449 g/mol. The van der Waals surface area contributed by atoms with Gasteiger partial charge in [0.1, 0.15) is 0 Å². The van der Waals surface area contributed by atoms with Crippen molar-refractivity contribution in [1.82, 2.24) is 4.57 Å². The number of para-hydroxylation sites is 1. The number of carbonyl (C=O) groups is 1. The highest BCUT2D eigenvalue weighted by Crippen LogP contribution is 2.46. The minimum Gasteiger partial charge on any atom is -0.309 e. The lowest BCUT2D eigenvalue weighted by Gasteiger charge is -2.21. The van der Waals surface area contributed by atoms with Crippen molar-refractivity contribution in [3.63, 3.8) is 0 Å². The Morgan fingerprint density at radius 2 is 1.18 bits per heavy atom. The Kier molecular flexibility index (Phi) is 5.58. The van der Waals surface area contributed by atoms with Crippen molar-refractivity contribution in [2.45, 2.75) is 13.3 Å². The van der Waals surface area contributed by atoms with Gasteiger partial charge >= 0.3 is 0 Å². The fourth-order valence-electron chi connectivity index (χ4n) is 4.58. The van der Waals surface area contributed by atoms with Gasteiger partial charge in [-0.1, -0.05) is 104 Å². The largest absolute Gasteiger partial charge is 0.309 e. The molecule has 0 fully saturated rings. The number of fused-ring (bicyclic) bond motifs is 1. The van der Waals surface area contributed by atoms with Gasteiger partial charge in [0.2, 0.25) is 0 Å². The van der Waals surface area contributed by atoms with Gasteiger partial charge < -0.3 is 4.57 Å². The number of hydrogen-bond donors (Lipinski definition) is 0. The van der Waals surface area contributed by atoms with Crippen LogP contribution in [0.15, 0.2) is 115 Å². The van der Waals surface area contributed by atoms with Gasteiger partial charge in [-0.05, 0) is 24.6 Å². The standard InChI is InChI=1S/C29H24NO2P/c1-2-26-28(33(32,23-16-8-4-9-17-23)24-18-10-5-11-19-24)25-20-12-13-21-27(25)30(26)29(31)22-14-6-3-7-15-22/h3-21H,2H2,1H3. The molecule has 0 bridgehead atoms. The normalized spacial score (nSPS) is 11.5. The van der Waals surface area contributed by atoms with E-state index in [1.54, 1.807) is 4.57 Å². The molecule has 33 heavy (non-hydrogen) atoms. The predicted octanol–water partition coefficient (Wildman–Crippen LogP) is 5.53. The lowest BCUT2D eigenvalue weighted by Crippen LogP contribution is -2.28. The van der Waals surface area contributed by atoms with Gasteiger partial charge in [-0.25, -0.2) is 0 Å². The molecular formula is C29H24NO2P. The molecule has 3 nitrogen and oxygen atoms in total. The minimum absolute atomic E-state index is 0.109. The van der Waals surface area contributed by atoms with Gasteiger partial charge in [-0.3, -0.25) is 9.36 Å². The molecule has 0 amide bonds. The highest BCUT2D eigenvalue weighted by atomic mass is 31.2. The summed E-state index contributed by atoms with van der Waals surface area (Å²) in [6, 6.07) is 36.3. The molecule has 0 aliphatic rings. The second-order valence-corrected chi connectivity index (χ2v) is 10.7. The van der Waals surface area contributed by atoms with E-state index in [0.29, 0.717) is 12.0 Å². The van der Waals surface area contributed by atoms with Crippen molar-refractivity contribution in [3.8, 4) is 0 Å². The van der Waals surface area contributed by atoms with Crippen molar-refractivity contribution in [2.24, 2.45) is 0 Å². The summed E-state index contributed by atoms with van der Waals surface area (Å²) in [4.78, 5) is 13.7. The van der Waals surface area contributed by atoms with Crippen molar-refractivity contribution < 1.29 is 9.36 Å². The lowest BCUT2D eigenvalue weighted by atomic mass is 10.2. The second kappa shape index (κ2) is 8.69. The molecule has 162 valence electrons. The quantitative estimate of drug-likeness (QED) is 0.331. The molecule has 0 N–H and O–H groups in total. The van der Waals surface area contributed by atoms with Gasteiger partial charge in [-0.15, -0.1) is 0 Å². The molecule has 0 aliphatic carbocycles. The molecule has 4 heteroatoms. The summed E-state index contributed by atoms with van der Waals surface area (Å²) < 4.78 is 17.0. The number of hydrogen-bond acceptors (Lipinski definition) is 2. The molecule has 1 aromatic heterocycles. The summed E-state index contributed by atoms with van der Waals surface area (Å²) in [6.45, 7) is 2.02. The molecular weight excluding hydrogens is 425 g/mol. The molecule has 0 atom stereocenters. The smallest absolute Gasteiger partial charge is 0.262 e. The maximum absolute atomic E-state index is 15.3. The second-order valence-electron chi connectivity index (χ2n) is 7.95. The summed E-state index contributed by atoms with van der Waals surface area (Å²) >= 11 is 0. The number of carbonyl (C=O) groups excluding carboxylic acids is 1. The first kappa shape index (κ1) is 21.2. The summed E-state index contributed by atoms with van der Waals surface area (Å²) in [5, 5.41) is 3.14. The molecule has 1 heterocycles. The van der Waals surface area contributed by atoms with Crippen LogP contribution in [0.3, 0.4) is 0 Å². The van der Waals surface area contributed by atoms with Gasteiger partial charge in [-0.2, -0.15) is 0 Å². The third-order valence-corrected chi connectivity index (χ3v) is 9.24. The topological polar surface area (TPSA) is 39.1 Å². The molecule has 0 saturated carbocycles. The first-order valence-electron chi connectivity index (χ1n) is 11.1. The Morgan fingerprint density at radius 1 is 0.697 bits per heavy atom. The van der Waals surface area contributed by atoms with Crippen molar-refractivity contribution >= 4 is 39.9 Å². The Morgan fingerprint density at radius 3 is 1.73 bits per heavy atom. The molecule has 5 rings (SSSR count). The molecule has 0 spiro atoms. The van der Waals surface area contributed by atoms with Crippen LogP contribution in [0.4, 0.5) is 0 Å². The molecule has 5 aromatic rings. The molecule has 0 aliphatic heterocycles. The van der Waals surface area contributed by atoms with Crippen LogP contribution in [0, 0.1) is 0 Å². The SMILES string of the molecule is CCc1c(P(=O)(c2ccccc2)c2ccccc2)c2ccccc2n1C(=O)c1ccccc1. The lowest BCUT2D eigenvalue weighted by molar-refractivity contribution is 0.0962. The Labute approximate surface area is 193 Å². The average Bonchev–Trinajstić information content (AvgIpc) is 3.24. The van der Waals surface area contributed by atoms with E-state index in [9.17, 15) is 4.79 Å². The van der Waals surface area contributed by atoms with E-state index in [-0.39, 0.29) is 5.91 Å². The van der Waals surface area contributed by atoms with E-state index in [0.717, 1.165) is 32.5 Å². The predicted molar refractivity (Wildman–Crippen MR) is 137 cm³/mol. The number of rotatable bonds is 5. The zero-order valence-corrected chi connectivity index (χ0v) is 19.3.